The Hall–Kier alpha value is -3.78. The molecule has 1 aliphatic heterocycles. The average Bonchev–Trinajstić information content (AvgIpc) is 3.00. The molecule has 1 heterocycles. The van der Waals surface area contributed by atoms with E-state index in [0.717, 1.165) is 10.0 Å². The molecule has 3 aromatic carbocycles. The van der Waals surface area contributed by atoms with Gasteiger partial charge in [-0.2, -0.15) is 5.10 Å². The number of amides is 2. The Kier molecular flexibility index (Phi) is 12.1. The maximum Gasteiger partial charge on any atom is 0.337 e. The molecule has 11 nitrogen and oxygen atoms in total. The molecular weight excluding hydrogens is 736 g/mol. The fourth-order valence-corrected chi connectivity index (χ4v) is 5.59. The molecule has 0 saturated carbocycles. The number of carbonyl (C=O) groups is 2. The van der Waals surface area contributed by atoms with E-state index in [-0.39, 0.29) is 12.2 Å². The molecule has 14 heteroatoms. The van der Waals surface area contributed by atoms with E-state index in [2.05, 4.69) is 53.0 Å². The predicted molar refractivity (Wildman–Crippen MR) is 177 cm³/mol. The van der Waals surface area contributed by atoms with Crippen LogP contribution in [-0.2, 0) is 16.1 Å². The summed E-state index contributed by atoms with van der Waals surface area (Å²) in [6, 6.07) is 15.0. The highest BCUT2D eigenvalue weighted by Crippen LogP contribution is 2.35. The number of nitrogens with zero attached hydrogens (tertiary/aromatic N) is 1. The molecule has 0 saturated heterocycles. The Bertz CT molecular complexity index is 1600. The number of rotatable bonds is 13. The first-order valence-electron chi connectivity index (χ1n) is 13.7. The lowest BCUT2D eigenvalue weighted by Gasteiger charge is -2.28. The molecule has 0 fully saturated rings. The normalized spacial score (nSPS) is 15.3. The summed E-state index contributed by atoms with van der Waals surface area (Å²) in [4.78, 5) is 24.6. The Morgan fingerprint density at radius 3 is 2.58 bits per heavy atom. The summed E-state index contributed by atoms with van der Waals surface area (Å²) < 4.78 is 24.2. The first kappa shape index (κ1) is 34.1. The quantitative estimate of drug-likeness (QED) is 0.0724. The molecule has 238 valence electrons. The molecule has 0 aromatic heterocycles. The number of aliphatic hydroxyl groups excluding tert-OH is 1. The highest BCUT2D eigenvalue weighted by Gasteiger charge is 2.32. The molecule has 4 rings (SSSR count). The van der Waals surface area contributed by atoms with Crippen LogP contribution in [0.5, 0.6) is 17.2 Å². The lowest BCUT2D eigenvalue weighted by atomic mass is 9.95. The molecule has 2 atom stereocenters. The van der Waals surface area contributed by atoms with E-state index in [1.54, 1.807) is 37.3 Å². The monoisotopic (exact) mass is 764 g/mol. The van der Waals surface area contributed by atoms with Crippen molar-refractivity contribution in [1.82, 2.24) is 16.1 Å². The highest BCUT2D eigenvalue weighted by atomic mass is 79.9. The number of ether oxygens (including phenoxy) is 4. The molecule has 2 amide bonds. The van der Waals surface area contributed by atoms with Gasteiger partial charge in [0.2, 0.25) is 0 Å². The summed E-state index contributed by atoms with van der Waals surface area (Å²) in [5, 5.41) is 20.5. The summed E-state index contributed by atoms with van der Waals surface area (Å²) in [6.07, 6.45) is 0.296. The van der Waals surface area contributed by atoms with Crippen LogP contribution in [0.25, 0.3) is 0 Å². The van der Waals surface area contributed by atoms with E-state index in [1.165, 1.54) is 13.3 Å². The van der Waals surface area contributed by atoms with Gasteiger partial charge in [0.15, 0.2) is 17.7 Å². The molecule has 0 bridgehead atoms. The molecule has 0 radical (unpaired) electrons. The van der Waals surface area contributed by atoms with Gasteiger partial charge in [-0.05, 0) is 77.3 Å². The maximum absolute atomic E-state index is 12.5. The number of urea groups is 1. The average molecular weight is 767 g/mol. The number of allylic oxidation sites excluding steroid dienone is 1. The summed E-state index contributed by atoms with van der Waals surface area (Å²) in [6.45, 7) is 3.90. The second-order valence-corrected chi connectivity index (χ2v) is 11.8. The van der Waals surface area contributed by atoms with Crippen molar-refractivity contribution < 1.29 is 33.6 Å². The number of nitrogens with one attached hydrogen (secondary N) is 3. The van der Waals surface area contributed by atoms with Gasteiger partial charge < -0.3 is 34.7 Å². The standard InChI is InChI=1S/C31H31Br2ClN4O7/c1-4-43-25-12-19(28-27(30(40)42-3)17(2)36-31(41)37-28)7-10-24(25)44-16-26(39)38-35-14-20-11-22(34)13-23(33)29(20)45-15-18-5-8-21(32)9-6-18/h5-14,26,28,38-39H,4,15-16H2,1-3H3,(H2,36,37,41)/b35-14+/t26-,28-/m0/s1. The van der Waals surface area contributed by atoms with Crippen molar-refractivity contribution in [3.63, 3.8) is 0 Å². The van der Waals surface area contributed by atoms with E-state index in [9.17, 15) is 14.7 Å². The lowest BCUT2D eigenvalue weighted by molar-refractivity contribution is -0.136. The van der Waals surface area contributed by atoms with Crippen molar-refractivity contribution in [1.29, 1.82) is 0 Å². The molecule has 0 aliphatic carbocycles. The third kappa shape index (κ3) is 9.13. The van der Waals surface area contributed by atoms with Crippen molar-refractivity contribution in [2.75, 3.05) is 20.3 Å². The van der Waals surface area contributed by atoms with Gasteiger partial charge in [-0.25, -0.2) is 9.59 Å². The van der Waals surface area contributed by atoms with Crippen LogP contribution in [-0.4, -0.2) is 49.9 Å². The fourth-order valence-electron chi connectivity index (χ4n) is 4.38. The van der Waals surface area contributed by atoms with Crippen LogP contribution in [0.3, 0.4) is 0 Å². The topological polar surface area (TPSA) is 140 Å². The number of methoxy groups -OCH3 is 1. The molecule has 45 heavy (non-hydrogen) atoms. The summed E-state index contributed by atoms with van der Waals surface area (Å²) in [5.74, 6) is 0.655. The molecule has 0 spiro atoms. The fraction of sp³-hybridized carbons (Fsp3) is 0.258. The minimum atomic E-state index is -1.19. The van der Waals surface area contributed by atoms with E-state index in [0.29, 0.717) is 56.8 Å². The number of hydrogen-bond donors (Lipinski definition) is 4. The number of esters is 1. The SMILES string of the molecule is CCOc1cc([C@@H]2NC(=O)NC(C)=C2C(=O)OC)ccc1OC[C@H](O)N/N=C/c1cc(Cl)cc(Br)c1OCc1ccc(Br)cc1. The van der Waals surface area contributed by atoms with Gasteiger partial charge in [-0.15, -0.1) is 0 Å². The Labute approximate surface area is 282 Å². The van der Waals surface area contributed by atoms with Crippen molar-refractivity contribution in [2.45, 2.75) is 32.7 Å². The molecule has 0 unspecified atom stereocenters. The Balaban J connectivity index is 1.42. The molecular formula is C31H31Br2ClN4O7. The van der Waals surface area contributed by atoms with Crippen LogP contribution in [0.2, 0.25) is 5.02 Å². The van der Waals surface area contributed by atoms with Crippen LogP contribution in [0, 0.1) is 0 Å². The second kappa shape index (κ2) is 16.0. The highest BCUT2D eigenvalue weighted by molar-refractivity contribution is 9.10. The molecule has 4 N–H and O–H groups in total. The third-order valence-corrected chi connectivity index (χ3v) is 7.77. The van der Waals surface area contributed by atoms with Gasteiger partial charge >= 0.3 is 12.0 Å². The summed E-state index contributed by atoms with van der Waals surface area (Å²) in [5.41, 5.74) is 5.41. The van der Waals surface area contributed by atoms with Crippen molar-refractivity contribution in [3.05, 3.63) is 96.5 Å². The zero-order valence-electron chi connectivity index (χ0n) is 24.5. The number of benzene rings is 3. The Morgan fingerprint density at radius 2 is 1.87 bits per heavy atom. The minimum Gasteiger partial charge on any atom is -0.490 e. The van der Waals surface area contributed by atoms with Gasteiger partial charge in [0.25, 0.3) is 0 Å². The predicted octanol–water partition coefficient (Wildman–Crippen LogP) is 5.96. The van der Waals surface area contributed by atoms with E-state index in [1.807, 2.05) is 31.2 Å². The molecule has 1 aliphatic rings. The third-order valence-electron chi connectivity index (χ3n) is 6.43. The minimum absolute atomic E-state index is 0.181. The maximum atomic E-state index is 12.5. The van der Waals surface area contributed by atoms with Crippen LogP contribution in [0.4, 0.5) is 4.79 Å². The van der Waals surface area contributed by atoms with E-state index >= 15 is 0 Å². The summed E-state index contributed by atoms with van der Waals surface area (Å²) in [7, 11) is 1.27. The van der Waals surface area contributed by atoms with Crippen LogP contribution in [0.15, 0.2) is 79.9 Å². The zero-order valence-corrected chi connectivity index (χ0v) is 28.5. The van der Waals surface area contributed by atoms with Crippen molar-refractivity contribution in [2.24, 2.45) is 5.10 Å². The molecule has 3 aromatic rings. The number of hydrazone groups is 1. The van der Waals surface area contributed by atoms with Crippen molar-refractivity contribution >= 4 is 61.7 Å². The first-order chi connectivity index (χ1) is 21.6. The van der Waals surface area contributed by atoms with Gasteiger partial charge in [0.05, 0.1) is 36.0 Å². The van der Waals surface area contributed by atoms with Gasteiger partial charge in [-0.1, -0.05) is 45.7 Å². The van der Waals surface area contributed by atoms with Gasteiger partial charge in [0, 0.05) is 20.8 Å². The number of halogens is 3. The zero-order chi connectivity index (χ0) is 32.5. The lowest BCUT2D eigenvalue weighted by Crippen LogP contribution is -2.45. The number of aliphatic hydroxyl groups is 1. The van der Waals surface area contributed by atoms with Crippen LogP contribution < -0.4 is 30.3 Å². The number of hydrogen-bond acceptors (Lipinski definition) is 9. The largest absolute Gasteiger partial charge is 0.490 e. The summed E-state index contributed by atoms with van der Waals surface area (Å²) >= 11 is 13.2. The van der Waals surface area contributed by atoms with Crippen LogP contribution in [0.1, 0.15) is 36.6 Å². The van der Waals surface area contributed by atoms with Crippen molar-refractivity contribution in [3.8, 4) is 17.2 Å². The van der Waals surface area contributed by atoms with Gasteiger partial charge in [0.1, 0.15) is 19.0 Å². The van der Waals surface area contributed by atoms with Gasteiger partial charge in [-0.3, -0.25) is 5.43 Å². The first-order valence-corrected chi connectivity index (χ1v) is 15.6. The van der Waals surface area contributed by atoms with E-state index in [4.69, 9.17) is 30.5 Å². The smallest absolute Gasteiger partial charge is 0.337 e. The van der Waals surface area contributed by atoms with E-state index < -0.39 is 24.3 Å². The Morgan fingerprint density at radius 1 is 1.11 bits per heavy atom. The number of carbonyl (C=O) groups excluding carboxylic acids is 2. The van der Waals surface area contributed by atoms with Crippen LogP contribution >= 0.6 is 43.5 Å². The second-order valence-electron chi connectivity index (χ2n) is 9.64.